The van der Waals surface area contributed by atoms with E-state index in [0.717, 1.165) is 24.2 Å². The number of hydrogen-bond donors (Lipinski definition) is 1. The van der Waals surface area contributed by atoms with E-state index in [1.807, 2.05) is 24.3 Å². The quantitative estimate of drug-likeness (QED) is 0.648. The summed E-state index contributed by atoms with van der Waals surface area (Å²) in [6.07, 6.45) is 2.08. The van der Waals surface area contributed by atoms with Gasteiger partial charge in [0.2, 0.25) is 5.91 Å². The van der Waals surface area contributed by atoms with Gasteiger partial charge in [-0.25, -0.2) is 0 Å². The number of fused-ring (bicyclic) bond motifs is 1. The minimum Gasteiger partial charge on any atom is -0.494 e. The Balaban J connectivity index is 1.85. The second kappa shape index (κ2) is 8.84. The number of hydrogen-bond acceptors (Lipinski definition) is 3. The van der Waals surface area contributed by atoms with Gasteiger partial charge in [0.05, 0.1) is 23.9 Å². The van der Waals surface area contributed by atoms with Gasteiger partial charge in [-0.3, -0.25) is 9.59 Å². The lowest BCUT2D eigenvalue weighted by Crippen LogP contribution is -2.36. The summed E-state index contributed by atoms with van der Waals surface area (Å²) in [5, 5.41) is 3.49. The third-order valence-electron chi connectivity index (χ3n) is 4.56. The highest BCUT2D eigenvalue weighted by atomic mass is 35.5. The number of carbonyl (C=O) groups excluding carboxylic acids is 2. The largest absolute Gasteiger partial charge is 0.494 e. The third kappa shape index (κ3) is 4.26. The molecule has 148 valence electrons. The van der Waals surface area contributed by atoms with Crippen molar-refractivity contribution in [3.8, 4) is 5.75 Å². The van der Waals surface area contributed by atoms with Crippen molar-refractivity contribution < 1.29 is 14.3 Å². The molecule has 0 saturated carbocycles. The van der Waals surface area contributed by atoms with Crippen molar-refractivity contribution in [3.63, 3.8) is 0 Å². The number of ether oxygens (including phenoxy) is 1. The molecule has 1 unspecified atom stereocenters. The Hall–Kier alpha value is -2.24. The number of amides is 2. The highest BCUT2D eigenvalue weighted by Gasteiger charge is 2.41. The van der Waals surface area contributed by atoms with E-state index in [2.05, 4.69) is 12.2 Å². The van der Waals surface area contributed by atoms with Gasteiger partial charge in [0, 0.05) is 17.5 Å². The van der Waals surface area contributed by atoms with E-state index in [9.17, 15) is 9.59 Å². The van der Waals surface area contributed by atoms with Gasteiger partial charge in [0.25, 0.3) is 5.91 Å². The fourth-order valence-electron chi connectivity index (χ4n) is 3.20. The van der Waals surface area contributed by atoms with Crippen LogP contribution in [0.3, 0.4) is 0 Å². The molecule has 0 aromatic heterocycles. The second-order valence-corrected chi connectivity index (χ2v) is 7.51. The van der Waals surface area contributed by atoms with Crippen LogP contribution in [0.25, 0.3) is 0 Å². The fraction of sp³-hybridized carbons (Fsp3) is 0.333. The number of rotatable bonds is 7. The Morgan fingerprint density at radius 1 is 1.14 bits per heavy atom. The van der Waals surface area contributed by atoms with Crippen molar-refractivity contribution in [1.29, 1.82) is 0 Å². The maximum Gasteiger partial charge on any atom is 0.254 e. The molecule has 1 aliphatic rings. The topological polar surface area (TPSA) is 58.6 Å². The van der Waals surface area contributed by atoms with Gasteiger partial charge in [-0.05, 0) is 36.2 Å². The highest BCUT2D eigenvalue weighted by Crippen LogP contribution is 2.45. The molecule has 0 saturated heterocycles. The maximum atomic E-state index is 13.0. The van der Waals surface area contributed by atoms with Gasteiger partial charge in [0.15, 0.2) is 0 Å². The van der Waals surface area contributed by atoms with E-state index in [4.69, 9.17) is 27.9 Å². The molecule has 0 radical (unpaired) electrons. The van der Waals surface area contributed by atoms with Gasteiger partial charge in [0.1, 0.15) is 11.8 Å². The average molecular weight is 421 g/mol. The first-order chi connectivity index (χ1) is 13.4. The van der Waals surface area contributed by atoms with Crippen molar-refractivity contribution in [3.05, 3.63) is 57.6 Å². The smallest absolute Gasteiger partial charge is 0.254 e. The second-order valence-electron chi connectivity index (χ2n) is 6.70. The van der Waals surface area contributed by atoms with Gasteiger partial charge in [-0.2, -0.15) is 0 Å². The zero-order valence-corrected chi connectivity index (χ0v) is 17.3. The molecule has 0 fully saturated rings. The normalized spacial score (nSPS) is 15.5. The first-order valence-corrected chi connectivity index (χ1v) is 9.96. The van der Waals surface area contributed by atoms with Crippen LogP contribution >= 0.6 is 23.2 Å². The van der Waals surface area contributed by atoms with E-state index in [1.54, 1.807) is 17.0 Å². The van der Waals surface area contributed by atoms with E-state index in [1.165, 1.54) is 6.92 Å². The van der Waals surface area contributed by atoms with Crippen molar-refractivity contribution in [2.24, 2.45) is 0 Å². The zero-order chi connectivity index (χ0) is 20.3. The molecule has 1 N–H and O–H groups in total. The van der Waals surface area contributed by atoms with Crippen LogP contribution in [0.1, 0.15) is 43.9 Å². The summed E-state index contributed by atoms with van der Waals surface area (Å²) in [5.41, 5.74) is 2.00. The Morgan fingerprint density at radius 3 is 2.46 bits per heavy atom. The fourth-order valence-corrected chi connectivity index (χ4v) is 3.73. The summed E-state index contributed by atoms with van der Waals surface area (Å²) in [6.45, 7) is 4.48. The lowest BCUT2D eigenvalue weighted by Gasteiger charge is -2.19. The van der Waals surface area contributed by atoms with E-state index in [0.29, 0.717) is 34.4 Å². The predicted octanol–water partition coefficient (Wildman–Crippen LogP) is 4.90. The summed E-state index contributed by atoms with van der Waals surface area (Å²) in [4.78, 5) is 26.2. The molecule has 1 atom stereocenters. The van der Waals surface area contributed by atoms with Crippen LogP contribution in [0, 0.1) is 0 Å². The molecule has 0 aliphatic carbocycles. The highest BCUT2D eigenvalue weighted by molar-refractivity contribution is 6.38. The molecule has 2 aromatic carbocycles. The Labute approximate surface area is 174 Å². The molecule has 5 nitrogen and oxygen atoms in total. The van der Waals surface area contributed by atoms with E-state index < -0.39 is 6.04 Å². The first kappa shape index (κ1) is 20.5. The first-order valence-electron chi connectivity index (χ1n) is 9.20. The molecule has 0 spiro atoms. The van der Waals surface area contributed by atoms with Crippen LogP contribution in [0.4, 0.5) is 5.69 Å². The van der Waals surface area contributed by atoms with Crippen molar-refractivity contribution >= 4 is 40.7 Å². The Bertz CT molecular complexity index is 884. The monoisotopic (exact) mass is 420 g/mol. The van der Waals surface area contributed by atoms with Gasteiger partial charge in [-0.15, -0.1) is 0 Å². The van der Waals surface area contributed by atoms with Crippen LogP contribution in [0.5, 0.6) is 5.75 Å². The standard InChI is InChI=1S/C21H22Cl2N2O3/c1-3-4-11-28-15-7-5-14(6-8-15)12-25-20-17(23)10-9-16(22)18(20)19(21(25)27)24-13(2)26/h5-10,19H,3-4,11-12H2,1-2H3,(H,24,26). The molecule has 1 heterocycles. The lowest BCUT2D eigenvalue weighted by molar-refractivity contribution is -0.126. The number of nitrogens with zero attached hydrogens (tertiary/aromatic N) is 1. The summed E-state index contributed by atoms with van der Waals surface area (Å²) in [6, 6.07) is 10.1. The van der Waals surface area contributed by atoms with Gasteiger partial charge >= 0.3 is 0 Å². The van der Waals surface area contributed by atoms with Crippen molar-refractivity contribution in [2.45, 2.75) is 39.3 Å². The van der Waals surface area contributed by atoms with Crippen LogP contribution < -0.4 is 15.0 Å². The predicted molar refractivity (Wildman–Crippen MR) is 111 cm³/mol. The average Bonchev–Trinajstić information content (AvgIpc) is 2.93. The summed E-state index contributed by atoms with van der Waals surface area (Å²) in [5.74, 6) is 0.224. The maximum absolute atomic E-state index is 13.0. The van der Waals surface area contributed by atoms with Crippen molar-refractivity contribution in [1.82, 2.24) is 5.32 Å². The molecule has 2 aromatic rings. The lowest BCUT2D eigenvalue weighted by atomic mass is 10.1. The Kier molecular flexibility index (Phi) is 6.47. The summed E-state index contributed by atoms with van der Waals surface area (Å²) in [7, 11) is 0. The number of unbranched alkanes of at least 4 members (excludes halogenated alkanes) is 1. The summed E-state index contributed by atoms with van der Waals surface area (Å²) < 4.78 is 5.68. The van der Waals surface area contributed by atoms with Crippen molar-refractivity contribution in [2.75, 3.05) is 11.5 Å². The molecule has 0 bridgehead atoms. The minimum atomic E-state index is -0.838. The molecule has 2 amide bonds. The number of halogens is 2. The molecular weight excluding hydrogens is 399 g/mol. The van der Waals surface area contributed by atoms with Gasteiger partial charge in [-0.1, -0.05) is 48.7 Å². The molecule has 7 heteroatoms. The SMILES string of the molecule is CCCCOc1ccc(CN2C(=O)C(NC(C)=O)c3c(Cl)ccc(Cl)c32)cc1. The molecular formula is C21H22Cl2N2O3. The van der Waals surface area contributed by atoms with E-state index >= 15 is 0 Å². The molecule has 1 aliphatic heterocycles. The molecule has 28 heavy (non-hydrogen) atoms. The Morgan fingerprint density at radius 2 is 1.82 bits per heavy atom. The van der Waals surface area contributed by atoms with E-state index in [-0.39, 0.29) is 11.8 Å². The third-order valence-corrected chi connectivity index (χ3v) is 5.20. The number of carbonyl (C=O) groups is 2. The number of nitrogens with one attached hydrogen (secondary N) is 1. The zero-order valence-electron chi connectivity index (χ0n) is 15.8. The van der Waals surface area contributed by atoms with Crippen LogP contribution in [-0.4, -0.2) is 18.4 Å². The number of benzene rings is 2. The van der Waals surface area contributed by atoms with Crippen LogP contribution in [0.2, 0.25) is 10.0 Å². The number of anilines is 1. The summed E-state index contributed by atoms with van der Waals surface area (Å²) >= 11 is 12.7. The van der Waals surface area contributed by atoms with Gasteiger partial charge < -0.3 is 15.0 Å². The van der Waals surface area contributed by atoms with Crippen LogP contribution in [-0.2, 0) is 16.1 Å². The molecule has 3 rings (SSSR count). The minimum absolute atomic E-state index is 0.261. The van der Waals surface area contributed by atoms with Crippen LogP contribution in [0.15, 0.2) is 36.4 Å².